The van der Waals surface area contributed by atoms with Crippen molar-refractivity contribution in [1.82, 2.24) is 4.90 Å². The highest BCUT2D eigenvalue weighted by atomic mass is 16.6. The molecule has 1 aromatic carbocycles. The molecule has 31 heavy (non-hydrogen) atoms. The zero-order chi connectivity index (χ0) is 21.8. The van der Waals surface area contributed by atoms with Crippen molar-refractivity contribution in [2.75, 3.05) is 31.1 Å². The van der Waals surface area contributed by atoms with Crippen LogP contribution in [-0.2, 0) is 9.53 Å². The summed E-state index contributed by atoms with van der Waals surface area (Å²) in [6.45, 7) is 13.1. The number of aryl methyl sites for hydroxylation is 1. The average Bonchev–Trinajstić information content (AvgIpc) is 3.00. The lowest BCUT2D eigenvalue weighted by molar-refractivity contribution is -0.145. The fourth-order valence-corrected chi connectivity index (χ4v) is 6.93. The highest BCUT2D eigenvalue weighted by molar-refractivity contribution is 5.76. The molecule has 0 aromatic heterocycles. The predicted molar refractivity (Wildman–Crippen MR) is 125 cm³/mol. The number of piperazine rings is 1. The fourth-order valence-electron chi connectivity index (χ4n) is 6.93. The van der Waals surface area contributed by atoms with Crippen LogP contribution in [0.2, 0.25) is 0 Å². The second-order valence-electron chi connectivity index (χ2n) is 11.0. The second kappa shape index (κ2) is 7.95. The Balaban J connectivity index is 1.29. The third-order valence-corrected chi connectivity index (χ3v) is 8.58. The van der Waals surface area contributed by atoms with Gasteiger partial charge in [0, 0.05) is 43.8 Å². The Bertz CT molecular complexity index is 880. The molecule has 1 aromatic rings. The van der Waals surface area contributed by atoms with Crippen LogP contribution in [0.1, 0.15) is 52.0 Å². The Kier molecular flexibility index (Phi) is 5.40. The van der Waals surface area contributed by atoms with Gasteiger partial charge in [0.1, 0.15) is 6.10 Å². The van der Waals surface area contributed by atoms with Crippen LogP contribution >= 0.6 is 0 Å². The van der Waals surface area contributed by atoms with Crippen LogP contribution in [-0.4, -0.2) is 49.2 Å². The van der Waals surface area contributed by atoms with Crippen LogP contribution in [0.25, 0.3) is 0 Å². The Hall–Kier alpha value is -1.81. The summed E-state index contributed by atoms with van der Waals surface area (Å²) in [5.41, 5.74) is 4.47. The van der Waals surface area contributed by atoms with E-state index in [2.05, 4.69) is 67.8 Å². The van der Waals surface area contributed by atoms with E-state index >= 15 is 0 Å². The molecule has 168 valence electrons. The lowest BCUT2D eigenvalue weighted by atomic mass is 9.59. The van der Waals surface area contributed by atoms with Crippen molar-refractivity contribution in [3.63, 3.8) is 0 Å². The predicted octanol–water partition coefficient (Wildman–Crippen LogP) is 4.82. The minimum absolute atomic E-state index is 0.00565. The summed E-state index contributed by atoms with van der Waals surface area (Å²) in [7, 11) is 0. The second-order valence-corrected chi connectivity index (χ2v) is 11.0. The van der Waals surface area contributed by atoms with Gasteiger partial charge in [-0.05, 0) is 62.1 Å². The molecule has 2 aliphatic carbocycles. The van der Waals surface area contributed by atoms with Gasteiger partial charge in [-0.3, -0.25) is 9.69 Å². The maximum Gasteiger partial charge on any atom is 0.311 e. The zero-order valence-electron chi connectivity index (χ0n) is 19.6. The number of carbonyl (C=O) groups excluding carboxylic acids is 1. The molecule has 0 amide bonds. The van der Waals surface area contributed by atoms with Crippen LogP contribution in [0.5, 0.6) is 0 Å². The van der Waals surface area contributed by atoms with E-state index in [1.807, 2.05) is 0 Å². The lowest BCUT2D eigenvalue weighted by Gasteiger charge is -2.46. The lowest BCUT2D eigenvalue weighted by Crippen LogP contribution is -2.53. The quantitative estimate of drug-likeness (QED) is 0.516. The molecule has 3 fully saturated rings. The van der Waals surface area contributed by atoms with Gasteiger partial charge >= 0.3 is 5.97 Å². The van der Waals surface area contributed by atoms with E-state index in [4.69, 9.17) is 4.74 Å². The highest BCUT2D eigenvalue weighted by Crippen LogP contribution is 2.54. The third kappa shape index (κ3) is 3.82. The molecule has 0 unspecified atom stereocenters. The number of benzene rings is 1. The van der Waals surface area contributed by atoms with E-state index < -0.39 is 0 Å². The number of fused-ring (bicyclic) bond motifs is 2. The SMILES string of the molecule is Cc1cccc(N2CCN(C[C@H]3C(=O)O[C@@H]4C[C@@]5(C)CCC[C@H](C)C5=C[C@@H]43)C[C@@H]2C)c1. The van der Waals surface area contributed by atoms with Gasteiger partial charge in [-0.25, -0.2) is 0 Å². The van der Waals surface area contributed by atoms with Gasteiger partial charge in [-0.2, -0.15) is 0 Å². The van der Waals surface area contributed by atoms with Gasteiger partial charge in [-0.1, -0.05) is 44.1 Å². The molecule has 6 atom stereocenters. The van der Waals surface area contributed by atoms with Gasteiger partial charge in [0.25, 0.3) is 0 Å². The summed E-state index contributed by atoms with van der Waals surface area (Å²) in [6.07, 6.45) is 7.42. The van der Waals surface area contributed by atoms with Crippen molar-refractivity contribution < 1.29 is 9.53 Å². The number of nitrogens with zero attached hydrogens (tertiary/aromatic N) is 2. The number of allylic oxidation sites excluding steroid dienone is 1. The van der Waals surface area contributed by atoms with Crippen LogP contribution in [0.15, 0.2) is 35.9 Å². The summed E-state index contributed by atoms with van der Waals surface area (Å²) in [5, 5.41) is 0. The van der Waals surface area contributed by atoms with Crippen LogP contribution in [0.3, 0.4) is 0 Å². The number of ether oxygens (including phenoxy) is 1. The number of rotatable bonds is 3. The monoisotopic (exact) mass is 422 g/mol. The van der Waals surface area contributed by atoms with E-state index in [-0.39, 0.29) is 29.3 Å². The van der Waals surface area contributed by atoms with E-state index in [1.165, 1.54) is 30.5 Å². The number of hydrogen-bond donors (Lipinski definition) is 0. The molecular formula is C27H38N2O2. The molecule has 4 heteroatoms. The summed E-state index contributed by atoms with van der Waals surface area (Å²) in [4.78, 5) is 17.9. The Morgan fingerprint density at radius 1 is 1.23 bits per heavy atom. The maximum atomic E-state index is 12.9. The van der Waals surface area contributed by atoms with Crippen molar-refractivity contribution in [1.29, 1.82) is 0 Å². The largest absolute Gasteiger partial charge is 0.461 e. The number of hydrogen-bond acceptors (Lipinski definition) is 4. The number of carbonyl (C=O) groups is 1. The average molecular weight is 423 g/mol. The number of esters is 1. The summed E-state index contributed by atoms with van der Waals surface area (Å²) < 4.78 is 5.98. The maximum absolute atomic E-state index is 12.9. The van der Waals surface area contributed by atoms with Crippen LogP contribution in [0.4, 0.5) is 5.69 Å². The van der Waals surface area contributed by atoms with Gasteiger partial charge < -0.3 is 9.64 Å². The highest BCUT2D eigenvalue weighted by Gasteiger charge is 2.52. The van der Waals surface area contributed by atoms with E-state index in [0.29, 0.717) is 12.0 Å². The third-order valence-electron chi connectivity index (χ3n) is 8.58. The van der Waals surface area contributed by atoms with Crippen molar-refractivity contribution in [3.05, 3.63) is 41.5 Å². The molecule has 4 aliphatic rings. The molecule has 5 rings (SSSR count). The first kappa shape index (κ1) is 21.1. The fraction of sp³-hybridized carbons (Fsp3) is 0.667. The van der Waals surface area contributed by atoms with Crippen molar-refractivity contribution in [2.24, 2.45) is 23.2 Å². The van der Waals surface area contributed by atoms with E-state index in [0.717, 1.165) is 32.6 Å². The smallest absolute Gasteiger partial charge is 0.311 e. The molecule has 4 nitrogen and oxygen atoms in total. The zero-order valence-corrected chi connectivity index (χ0v) is 19.6. The standard InChI is InChI=1S/C27H38N2O2/c1-18-7-5-9-21(13-18)29-12-11-28(16-20(29)3)17-23-22-14-24-19(2)8-6-10-27(24,4)15-25(22)31-26(23)30/h5,7,9,13-14,19-20,22-23,25H,6,8,10-12,15-17H2,1-4H3/t19-,20-,22+,23+,25+,27+/m0/s1. The van der Waals surface area contributed by atoms with Crippen molar-refractivity contribution >= 4 is 11.7 Å². The van der Waals surface area contributed by atoms with Gasteiger partial charge in [0.05, 0.1) is 5.92 Å². The van der Waals surface area contributed by atoms with E-state index in [9.17, 15) is 4.79 Å². The molecule has 0 spiro atoms. The molecule has 2 saturated heterocycles. The van der Waals surface area contributed by atoms with Crippen LogP contribution in [0, 0.1) is 30.1 Å². The first-order chi connectivity index (χ1) is 14.8. The topological polar surface area (TPSA) is 32.8 Å². The normalized spacial score (nSPS) is 38.3. The summed E-state index contributed by atoms with van der Waals surface area (Å²) >= 11 is 0. The van der Waals surface area contributed by atoms with Gasteiger partial charge in [-0.15, -0.1) is 0 Å². The first-order valence-corrected chi connectivity index (χ1v) is 12.3. The molecule has 0 N–H and O–H groups in total. The molecule has 2 aliphatic heterocycles. The van der Waals surface area contributed by atoms with Crippen molar-refractivity contribution in [3.8, 4) is 0 Å². The molecule has 2 heterocycles. The van der Waals surface area contributed by atoms with Crippen molar-refractivity contribution in [2.45, 2.75) is 65.5 Å². The minimum atomic E-state index is -0.00565. The van der Waals surface area contributed by atoms with Gasteiger partial charge in [0.2, 0.25) is 0 Å². The van der Waals surface area contributed by atoms with Gasteiger partial charge in [0.15, 0.2) is 0 Å². The Morgan fingerprint density at radius 2 is 2.06 bits per heavy atom. The molecule has 0 radical (unpaired) electrons. The Morgan fingerprint density at radius 3 is 2.84 bits per heavy atom. The number of anilines is 1. The molecule has 0 bridgehead atoms. The molecule has 1 saturated carbocycles. The summed E-state index contributed by atoms with van der Waals surface area (Å²) in [5.74, 6) is 0.944. The minimum Gasteiger partial charge on any atom is -0.461 e. The molecular weight excluding hydrogens is 384 g/mol. The van der Waals surface area contributed by atoms with E-state index in [1.54, 1.807) is 5.57 Å². The first-order valence-electron chi connectivity index (χ1n) is 12.3. The van der Waals surface area contributed by atoms with Crippen LogP contribution < -0.4 is 4.90 Å². The summed E-state index contributed by atoms with van der Waals surface area (Å²) in [6, 6.07) is 9.24. The Labute approximate surface area is 187 Å².